The Balaban J connectivity index is 1.64. The molecule has 0 fully saturated rings. The Hall–Kier alpha value is -2.70. The lowest BCUT2D eigenvalue weighted by Crippen LogP contribution is -2.28. The largest absolute Gasteiger partial charge is 0.465 e. The Kier molecular flexibility index (Phi) is 5.11. The smallest absolute Gasteiger partial charge is 0.337 e. The molecule has 0 saturated carbocycles. The van der Waals surface area contributed by atoms with Gasteiger partial charge in [0, 0.05) is 22.4 Å². The highest BCUT2D eigenvalue weighted by Gasteiger charge is 2.15. The molecule has 128 valence electrons. The fourth-order valence-electron chi connectivity index (χ4n) is 2.53. The predicted molar refractivity (Wildman–Crippen MR) is 96.9 cm³/mol. The van der Waals surface area contributed by atoms with Crippen molar-refractivity contribution in [2.24, 2.45) is 0 Å². The second-order valence-electron chi connectivity index (χ2n) is 5.48. The third-order valence-electron chi connectivity index (χ3n) is 3.89. The summed E-state index contributed by atoms with van der Waals surface area (Å²) in [5, 5.41) is 16.0. The van der Waals surface area contributed by atoms with Gasteiger partial charge in [0.1, 0.15) is 0 Å². The SMILES string of the molecule is COC(=O)c1ccc(C(=O)NC[C@H](O)c2csc3ccccc23)cc1. The van der Waals surface area contributed by atoms with Crippen LogP contribution in [0.4, 0.5) is 0 Å². The lowest BCUT2D eigenvalue weighted by Gasteiger charge is -2.12. The summed E-state index contributed by atoms with van der Waals surface area (Å²) in [5.41, 5.74) is 1.60. The number of carbonyl (C=O) groups is 2. The Morgan fingerprint density at radius 1 is 1.12 bits per heavy atom. The number of thiophene rings is 1. The molecule has 25 heavy (non-hydrogen) atoms. The number of methoxy groups -OCH3 is 1. The van der Waals surface area contributed by atoms with Crippen LogP contribution in [0.3, 0.4) is 0 Å². The van der Waals surface area contributed by atoms with Gasteiger partial charge in [0.25, 0.3) is 5.91 Å². The molecule has 0 saturated heterocycles. The Morgan fingerprint density at radius 3 is 2.52 bits per heavy atom. The first kappa shape index (κ1) is 17.1. The zero-order valence-corrected chi connectivity index (χ0v) is 14.4. The van der Waals surface area contributed by atoms with Crippen molar-refractivity contribution < 1.29 is 19.4 Å². The molecule has 2 aromatic carbocycles. The molecular weight excluding hydrogens is 338 g/mol. The number of hydrogen-bond donors (Lipinski definition) is 2. The van der Waals surface area contributed by atoms with Gasteiger partial charge in [-0.3, -0.25) is 4.79 Å². The van der Waals surface area contributed by atoms with E-state index in [1.54, 1.807) is 23.5 Å². The zero-order chi connectivity index (χ0) is 17.8. The third-order valence-corrected chi connectivity index (χ3v) is 4.88. The van der Waals surface area contributed by atoms with Gasteiger partial charge in [0.05, 0.1) is 18.8 Å². The molecule has 0 bridgehead atoms. The fourth-order valence-corrected chi connectivity index (χ4v) is 3.54. The predicted octanol–water partition coefficient (Wildman–Crippen LogP) is 3.15. The van der Waals surface area contributed by atoms with Crippen molar-refractivity contribution in [3.8, 4) is 0 Å². The summed E-state index contributed by atoms with van der Waals surface area (Å²) < 4.78 is 5.72. The molecule has 0 radical (unpaired) electrons. The van der Waals surface area contributed by atoms with Crippen molar-refractivity contribution in [1.29, 1.82) is 0 Å². The van der Waals surface area contributed by atoms with Crippen LogP contribution in [0.2, 0.25) is 0 Å². The van der Waals surface area contributed by atoms with Crippen LogP contribution >= 0.6 is 11.3 Å². The average Bonchev–Trinajstić information content (AvgIpc) is 3.09. The molecular formula is C19H17NO4S. The fraction of sp³-hybridized carbons (Fsp3) is 0.158. The van der Waals surface area contributed by atoms with Gasteiger partial charge in [-0.25, -0.2) is 4.79 Å². The third kappa shape index (κ3) is 3.70. The van der Waals surface area contributed by atoms with Gasteiger partial charge in [-0.2, -0.15) is 0 Å². The molecule has 0 aliphatic heterocycles. The zero-order valence-electron chi connectivity index (χ0n) is 13.6. The van der Waals surface area contributed by atoms with E-state index in [1.807, 2.05) is 29.6 Å². The number of aliphatic hydroxyl groups excluding tert-OH is 1. The molecule has 3 aromatic rings. The second-order valence-corrected chi connectivity index (χ2v) is 6.39. The summed E-state index contributed by atoms with van der Waals surface area (Å²) in [6, 6.07) is 14.0. The average molecular weight is 355 g/mol. The van der Waals surface area contributed by atoms with E-state index >= 15 is 0 Å². The monoisotopic (exact) mass is 355 g/mol. The van der Waals surface area contributed by atoms with E-state index in [0.717, 1.165) is 15.6 Å². The van der Waals surface area contributed by atoms with Crippen LogP contribution in [0, 0.1) is 0 Å². The quantitative estimate of drug-likeness (QED) is 0.690. The highest BCUT2D eigenvalue weighted by Crippen LogP contribution is 2.29. The van der Waals surface area contributed by atoms with Gasteiger partial charge in [-0.05, 0) is 41.1 Å². The number of ether oxygens (including phenoxy) is 1. The Morgan fingerprint density at radius 2 is 1.80 bits per heavy atom. The van der Waals surface area contributed by atoms with E-state index in [0.29, 0.717) is 11.1 Å². The van der Waals surface area contributed by atoms with Crippen molar-refractivity contribution in [3.05, 3.63) is 70.6 Å². The number of nitrogens with one attached hydrogen (secondary N) is 1. The molecule has 1 heterocycles. The summed E-state index contributed by atoms with van der Waals surface area (Å²) in [5.74, 6) is -0.762. The minimum atomic E-state index is -0.783. The summed E-state index contributed by atoms with van der Waals surface area (Å²) in [6.07, 6.45) is -0.783. The maximum Gasteiger partial charge on any atom is 0.337 e. The first-order chi connectivity index (χ1) is 12.1. The minimum Gasteiger partial charge on any atom is -0.465 e. The molecule has 0 aliphatic carbocycles. The van der Waals surface area contributed by atoms with E-state index in [-0.39, 0.29) is 12.5 Å². The number of hydrogen-bond acceptors (Lipinski definition) is 5. The molecule has 1 aromatic heterocycles. The summed E-state index contributed by atoms with van der Waals surface area (Å²) >= 11 is 1.56. The van der Waals surface area contributed by atoms with Crippen LogP contribution < -0.4 is 5.32 Å². The van der Waals surface area contributed by atoms with E-state index < -0.39 is 12.1 Å². The normalized spacial score (nSPS) is 11.9. The van der Waals surface area contributed by atoms with Crippen molar-refractivity contribution >= 4 is 33.3 Å². The van der Waals surface area contributed by atoms with E-state index in [9.17, 15) is 14.7 Å². The number of fused-ring (bicyclic) bond motifs is 1. The number of esters is 1. The summed E-state index contributed by atoms with van der Waals surface area (Å²) in [6.45, 7) is 0.109. The number of benzene rings is 2. The van der Waals surface area contributed by atoms with Gasteiger partial charge in [-0.15, -0.1) is 11.3 Å². The molecule has 0 spiro atoms. The maximum atomic E-state index is 12.2. The number of rotatable bonds is 5. The molecule has 3 rings (SSSR count). The van der Waals surface area contributed by atoms with E-state index in [2.05, 4.69) is 10.1 Å². The minimum absolute atomic E-state index is 0.109. The summed E-state index contributed by atoms with van der Waals surface area (Å²) in [4.78, 5) is 23.6. The Bertz CT molecular complexity index is 901. The topological polar surface area (TPSA) is 75.6 Å². The highest BCUT2D eigenvalue weighted by molar-refractivity contribution is 7.17. The molecule has 0 aliphatic rings. The molecule has 6 heteroatoms. The van der Waals surface area contributed by atoms with Crippen molar-refractivity contribution in [2.75, 3.05) is 13.7 Å². The number of amides is 1. The van der Waals surface area contributed by atoms with E-state index in [1.165, 1.54) is 19.2 Å². The number of aliphatic hydroxyl groups is 1. The van der Waals surface area contributed by atoms with Crippen LogP contribution in [0.1, 0.15) is 32.4 Å². The molecule has 1 atom stereocenters. The van der Waals surface area contributed by atoms with Crippen molar-refractivity contribution in [1.82, 2.24) is 5.32 Å². The number of carbonyl (C=O) groups excluding carboxylic acids is 2. The van der Waals surface area contributed by atoms with Crippen LogP contribution in [-0.2, 0) is 4.74 Å². The second kappa shape index (κ2) is 7.46. The van der Waals surface area contributed by atoms with Crippen LogP contribution in [-0.4, -0.2) is 30.6 Å². The van der Waals surface area contributed by atoms with Crippen molar-refractivity contribution in [2.45, 2.75) is 6.10 Å². The van der Waals surface area contributed by atoms with Gasteiger partial charge in [0.2, 0.25) is 0 Å². The highest BCUT2D eigenvalue weighted by atomic mass is 32.1. The maximum absolute atomic E-state index is 12.2. The van der Waals surface area contributed by atoms with Crippen LogP contribution in [0.5, 0.6) is 0 Å². The van der Waals surface area contributed by atoms with E-state index in [4.69, 9.17) is 0 Å². The standard InChI is InChI=1S/C19H17NO4S/c1-24-19(23)13-8-6-12(7-9-13)18(22)20-10-16(21)15-11-25-17-5-3-2-4-14(15)17/h2-9,11,16,21H,10H2,1H3,(H,20,22)/t16-/m0/s1. The van der Waals surface area contributed by atoms with Gasteiger partial charge in [0.15, 0.2) is 0 Å². The summed E-state index contributed by atoms with van der Waals surface area (Å²) in [7, 11) is 1.30. The van der Waals surface area contributed by atoms with Gasteiger partial charge in [-0.1, -0.05) is 18.2 Å². The Labute approximate surface area is 148 Å². The van der Waals surface area contributed by atoms with Crippen LogP contribution in [0.15, 0.2) is 53.9 Å². The lowest BCUT2D eigenvalue weighted by molar-refractivity contribution is 0.0600. The molecule has 5 nitrogen and oxygen atoms in total. The van der Waals surface area contributed by atoms with Gasteiger partial charge >= 0.3 is 5.97 Å². The first-order valence-corrected chi connectivity index (χ1v) is 8.59. The van der Waals surface area contributed by atoms with Gasteiger partial charge < -0.3 is 15.2 Å². The van der Waals surface area contributed by atoms with Crippen LogP contribution in [0.25, 0.3) is 10.1 Å². The first-order valence-electron chi connectivity index (χ1n) is 7.71. The molecule has 2 N–H and O–H groups in total. The molecule has 1 amide bonds. The molecule has 0 unspecified atom stereocenters. The van der Waals surface area contributed by atoms with Crippen molar-refractivity contribution in [3.63, 3.8) is 0 Å². The lowest BCUT2D eigenvalue weighted by atomic mass is 10.1.